The highest BCUT2D eigenvalue weighted by molar-refractivity contribution is 14.1. The number of hydrogen-bond acceptors (Lipinski definition) is 3. The molecule has 0 radical (unpaired) electrons. The zero-order chi connectivity index (χ0) is 19.0. The summed E-state index contributed by atoms with van der Waals surface area (Å²) in [5.74, 6) is 0.438. The molecular weight excluding hydrogens is 474 g/mol. The topological polar surface area (TPSA) is 82.5 Å². The van der Waals surface area contributed by atoms with Gasteiger partial charge in [0.25, 0.3) is 0 Å². The van der Waals surface area contributed by atoms with E-state index in [1.165, 1.54) is 0 Å². The van der Waals surface area contributed by atoms with E-state index in [1.807, 2.05) is 30.3 Å². The molecule has 3 aromatic carbocycles. The van der Waals surface area contributed by atoms with Crippen LogP contribution in [-0.4, -0.2) is 21.1 Å². The normalized spacial score (nSPS) is 11.8. The number of hydrogen-bond donors (Lipinski definition) is 3. The van der Waals surface area contributed by atoms with Crippen LogP contribution in [-0.2, 0) is 4.57 Å². The fourth-order valence-electron chi connectivity index (χ4n) is 3.15. The average molecular weight is 490 g/mol. The lowest BCUT2D eigenvalue weighted by Gasteiger charge is -2.13. The monoisotopic (exact) mass is 490 g/mol. The Balaban J connectivity index is 1.92. The van der Waals surface area contributed by atoms with Crippen molar-refractivity contribution in [3.05, 3.63) is 70.3 Å². The number of rotatable bonds is 4. The van der Waals surface area contributed by atoms with Crippen molar-refractivity contribution in [1.29, 1.82) is 0 Å². The zero-order valence-corrected chi connectivity index (χ0v) is 17.2. The molecule has 0 atom stereocenters. The summed E-state index contributed by atoms with van der Waals surface area (Å²) < 4.78 is 12.2. The minimum absolute atomic E-state index is 0.438. The van der Waals surface area contributed by atoms with Gasteiger partial charge in [0.1, 0.15) is 12.1 Å². The second kappa shape index (κ2) is 7.20. The Bertz CT molecular complexity index is 1200. The van der Waals surface area contributed by atoms with E-state index in [2.05, 4.69) is 63.2 Å². The van der Waals surface area contributed by atoms with Crippen LogP contribution in [0.2, 0.25) is 0 Å². The number of fused-ring (bicyclic) bond motifs is 2. The van der Waals surface area contributed by atoms with E-state index in [4.69, 9.17) is 9.79 Å². The van der Waals surface area contributed by atoms with Crippen LogP contribution in [0.25, 0.3) is 32.8 Å². The fraction of sp³-hybridized carbons (Fsp3) is 0.0500. The maximum absolute atomic E-state index is 11.2. The molecule has 5 nitrogen and oxygen atoms in total. The van der Waals surface area contributed by atoms with E-state index in [0.29, 0.717) is 5.82 Å². The average Bonchev–Trinajstić information content (AvgIpc) is 2.65. The molecule has 0 saturated heterocycles. The lowest BCUT2D eigenvalue weighted by Crippen LogP contribution is -2.04. The molecule has 27 heavy (non-hydrogen) atoms. The SMILES string of the molecule is O=P(O)(O)CNc1ccc2cc(I)cc(-c3cccc4ccccc34)c2n1. The van der Waals surface area contributed by atoms with Crippen LogP contribution < -0.4 is 5.32 Å². The second-order valence-electron chi connectivity index (χ2n) is 6.25. The third-order valence-electron chi connectivity index (χ3n) is 4.30. The molecule has 0 bridgehead atoms. The van der Waals surface area contributed by atoms with Crippen molar-refractivity contribution in [2.24, 2.45) is 0 Å². The molecule has 4 aromatic rings. The molecule has 4 rings (SSSR count). The van der Waals surface area contributed by atoms with Gasteiger partial charge in [0.2, 0.25) is 0 Å². The third-order valence-corrected chi connectivity index (χ3v) is 5.50. The molecule has 0 spiro atoms. The minimum Gasteiger partial charge on any atom is -0.359 e. The van der Waals surface area contributed by atoms with Crippen LogP contribution in [0.1, 0.15) is 0 Å². The maximum Gasteiger partial charge on any atom is 0.344 e. The largest absolute Gasteiger partial charge is 0.359 e. The van der Waals surface area contributed by atoms with E-state index in [9.17, 15) is 4.57 Å². The van der Waals surface area contributed by atoms with Gasteiger partial charge in [-0.15, -0.1) is 0 Å². The van der Waals surface area contributed by atoms with Crippen molar-refractivity contribution in [1.82, 2.24) is 4.98 Å². The van der Waals surface area contributed by atoms with E-state index < -0.39 is 13.9 Å². The molecule has 136 valence electrons. The lowest BCUT2D eigenvalue weighted by molar-refractivity contribution is 0.375. The number of nitrogens with zero attached hydrogens (tertiary/aromatic N) is 1. The predicted molar refractivity (Wildman–Crippen MR) is 118 cm³/mol. The Labute approximate surface area is 169 Å². The van der Waals surface area contributed by atoms with Crippen molar-refractivity contribution in [3.63, 3.8) is 0 Å². The van der Waals surface area contributed by atoms with Gasteiger partial charge in [0.05, 0.1) is 5.52 Å². The summed E-state index contributed by atoms with van der Waals surface area (Å²) in [5.41, 5.74) is 2.87. The highest BCUT2D eigenvalue weighted by Gasteiger charge is 2.14. The Morgan fingerprint density at radius 3 is 2.52 bits per heavy atom. The van der Waals surface area contributed by atoms with Gasteiger partial charge >= 0.3 is 7.60 Å². The number of halogens is 1. The molecule has 0 saturated carbocycles. The molecule has 0 unspecified atom stereocenters. The van der Waals surface area contributed by atoms with Crippen molar-refractivity contribution in [2.45, 2.75) is 0 Å². The van der Waals surface area contributed by atoms with Gasteiger partial charge in [-0.05, 0) is 63.2 Å². The van der Waals surface area contributed by atoms with Crippen molar-refractivity contribution >= 4 is 57.7 Å². The molecule has 1 heterocycles. The molecule has 0 aliphatic rings. The van der Waals surface area contributed by atoms with Crippen LogP contribution in [0.4, 0.5) is 5.82 Å². The van der Waals surface area contributed by atoms with E-state index >= 15 is 0 Å². The summed E-state index contributed by atoms with van der Waals surface area (Å²) in [4.78, 5) is 22.8. The smallest absolute Gasteiger partial charge is 0.344 e. The zero-order valence-electron chi connectivity index (χ0n) is 14.1. The molecular formula is C20H16IN2O3P. The number of benzene rings is 3. The second-order valence-corrected chi connectivity index (χ2v) is 9.14. The Kier molecular flexibility index (Phi) is 4.90. The third kappa shape index (κ3) is 3.99. The maximum atomic E-state index is 11.2. The lowest BCUT2D eigenvalue weighted by atomic mass is 9.96. The molecule has 0 aliphatic carbocycles. The van der Waals surface area contributed by atoms with Gasteiger partial charge in [0, 0.05) is 14.5 Å². The Morgan fingerprint density at radius 2 is 1.70 bits per heavy atom. The quantitative estimate of drug-likeness (QED) is 0.271. The summed E-state index contributed by atoms with van der Waals surface area (Å²) in [7, 11) is -4.15. The van der Waals surface area contributed by atoms with E-state index in [0.717, 1.165) is 36.4 Å². The van der Waals surface area contributed by atoms with Gasteiger partial charge in [-0.1, -0.05) is 42.5 Å². The van der Waals surface area contributed by atoms with Crippen LogP contribution >= 0.6 is 30.2 Å². The summed E-state index contributed by atoms with van der Waals surface area (Å²) in [5, 5.41) is 6.00. The van der Waals surface area contributed by atoms with Crippen LogP contribution in [0.5, 0.6) is 0 Å². The molecule has 0 fully saturated rings. The molecule has 3 N–H and O–H groups in total. The summed E-state index contributed by atoms with van der Waals surface area (Å²) >= 11 is 2.29. The van der Waals surface area contributed by atoms with Crippen molar-refractivity contribution in [3.8, 4) is 11.1 Å². The fourth-order valence-corrected chi connectivity index (χ4v) is 4.16. The molecule has 1 aromatic heterocycles. The number of nitrogens with one attached hydrogen (secondary N) is 1. The van der Waals surface area contributed by atoms with Crippen LogP contribution in [0.15, 0.2) is 66.7 Å². The first kappa shape index (κ1) is 18.4. The first-order valence-electron chi connectivity index (χ1n) is 8.28. The Hall–Kier alpha value is -1.99. The van der Waals surface area contributed by atoms with Crippen LogP contribution in [0.3, 0.4) is 0 Å². The predicted octanol–water partition coefficient (Wildman–Crippen LogP) is 5.21. The summed E-state index contributed by atoms with van der Waals surface area (Å²) in [6, 6.07) is 22.2. The molecule has 0 amide bonds. The van der Waals surface area contributed by atoms with Gasteiger partial charge < -0.3 is 15.1 Å². The highest BCUT2D eigenvalue weighted by Crippen LogP contribution is 2.36. The van der Waals surface area contributed by atoms with Gasteiger partial charge in [-0.3, -0.25) is 4.57 Å². The Morgan fingerprint density at radius 1 is 0.926 bits per heavy atom. The van der Waals surface area contributed by atoms with Crippen molar-refractivity contribution < 1.29 is 14.4 Å². The van der Waals surface area contributed by atoms with Crippen LogP contribution in [0, 0.1) is 3.57 Å². The number of aromatic nitrogens is 1. The summed E-state index contributed by atoms with van der Waals surface area (Å²) in [6.07, 6.45) is -0.445. The summed E-state index contributed by atoms with van der Waals surface area (Å²) in [6.45, 7) is 0. The van der Waals surface area contributed by atoms with E-state index in [1.54, 1.807) is 6.07 Å². The van der Waals surface area contributed by atoms with Gasteiger partial charge in [-0.25, -0.2) is 4.98 Å². The van der Waals surface area contributed by atoms with Gasteiger partial charge in [0.15, 0.2) is 0 Å². The van der Waals surface area contributed by atoms with Gasteiger partial charge in [-0.2, -0.15) is 0 Å². The molecule has 7 heteroatoms. The number of anilines is 1. The number of pyridine rings is 1. The van der Waals surface area contributed by atoms with Crippen molar-refractivity contribution in [2.75, 3.05) is 11.6 Å². The first-order chi connectivity index (χ1) is 12.9. The standard InChI is InChI=1S/C20H16IN2O3P/c21-15-10-14-8-9-19(22-12-27(24,25)26)23-20(14)18(11-15)17-7-3-5-13-4-1-2-6-16(13)17/h1-11H,12H2,(H,22,23)(H2,24,25,26). The minimum atomic E-state index is -4.15. The molecule has 0 aliphatic heterocycles. The first-order valence-corrected chi connectivity index (χ1v) is 11.2. The van der Waals surface area contributed by atoms with E-state index in [-0.39, 0.29) is 0 Å². The highest BCUT2D eigenvalue weighted by atomic mass is 127.